The van der Waals surface area contributed by atoms with Gasteiger partial charge >= 0.3 is 0 Å². The number of rotatable bonds is 2. The van der Waals surface area contributed by atoms with Gasteiger partial charge in [0.15, 0.2) is 5.78 Å². The van der Waals surface area contributed by atoms with Crippen molar-refractivity contribution in [2.45, 2.75) is 63.4 Å². The van der Waals surface area contributed by atoms with Gasteiger partial charge in [0.05, 0.1) is 7.11 Å². The average molecular weight is 495 g/mol. The first-order chi connectivity index (χ1) is 17.8. The van der Waals surface area contributed by atoms with Crippen LogP contribution >= 0.6 is 0 Å². The molecule has 0 aliphatic heterocycles. The molecule has 190 valence electrons. The number of aliphatic hydroxyl groups is 1. The zero-order chi connectivity index (χ0) is 25.8. The highest BCUT2D eigenvalue weighted by molar-refractivity contribution is 5.93. The van der Waals surface area contributed by atoms with Crippen LogP contribution in [0.4, 0.5) is 0 Å². The maximum atomic E-state index is 12.3. The molecule has 0 heterocycles. The molecule has 0 radical (unpaired) electrons. The molecule has 5 atom stereocenters. The highest BCUT2D eigenvalue weighted by Crippen LogP contribution is 2.66. The second kappa shape index (κ2) is 8.92. The summed E-state index contributed by atoms with van der Waals surface area (Å²) in [7, 11) is 1.70. The first kappa shape index (κ1) is 24.1. The lowest BCUT2D eigenvalue weighted by atomic mass is 9.51. The summed E-state index contributed by atoms with van der Waals surface area (Å²) in [6, 6.07) is 15.2. The molecule has 4 aliphatic rings. The van der Waals surface area contributed by atoms with Gasteiger partial charge in [-0.2, -0.15) is 0 Å². The third-order valence-corrected chi connectivity index (χ3v) is 9.66. The molecule has 4 heteroatoms. The summed E-state index contributed by atoms with van der Waals surface area (Å²) in [6.45, 7) is 2.25. The number of carbonyl (C=O) groups excluding carboxylic acids is 1. The van der Waals surface area contributed by atoms with E-state index in [4.69, 9.17) is 4.74 Å². The lowest BCUT2D eigenvalue weighted by molar-refractivity contribution is -0.114. The second-order valence-electron chi connectivity index (χ2n) is 11.5. The Morgan fingerprint density at radius 3 is 2.65 bits per heavy atom. The third kappa shape index (κ3) is 3.92. The van der Waals surface area contributed by atoms with Crippen molar-refractivity contribution in [3.8, 4) is 23.3 Å². The average Bonchev–Trinajstić information content (AvgIpc) is 3.18. The van der Waals surface area contributed by atoms with Crippen molar-refractivity contribution in [3.63, 3.8) is 0 Å². The molecule has 2 N–H and O–H groups in total. The predicted molar refractivity (Wildman–Crippen MR) is 143 cm³/mol. The molecule has 0 unspecified atom stereocenters. The Hall–Kier alpha value is -3.29. The Bertz CT molecular complexity index is 1370. The van der Waals surface area contributed by atoms with Crippen LogP contribution in [0.15, 0.2) is 71.3 Å². The maximum absolute atomic E-state index is 12.3. The van der Waals surface area contributed by atoms with Gasteiger partial charge in [-0.05, 0) is 110 Å². The normalized spacial score (nSPS) is 32.5. The second-order valence-corrected chi connectivity index (χ2v) is 11.5. The summed E-state index contributed by atoms with van der Waals surface area (Å²) < 4.78 is 5.59. The fraction of sp³-hybridized carbons (Fsp3) is 0.424. The Morgan fingerprint density at radius 2 is 1.86 bits per heavy atom. The molecule has 0 bridgehead atoms. The number of phenols is 1. The SMILES string of the molecule is COc1cccc([C@H]2C[C@@]3(C)[C@@H](CC[C@@]3(O)C#Cc3ccc(O)cc3)[C@@H]3CCC4=CC(=O)CCC4=C32)c1. The van der Waals surface area contributed by atoms with Crippen LogP contribution in [0.1, 0.15) is 68.9 Å². The quantitative estimate of drug-likeness (QED) is 0.497. The van der Waals surface area contributed by atoms with Crippen molar-refractivity contribution >= 4 is 5.78 Å². The predicted octanol–water partition coefficient (Wildman–Crippen LogP) is 6.08. The molecule has 0 saturated heterocycles. The Labute approximate surface area is 219 Å². The summed E-state index contributed by atoms with van der Waals surface area (Å²) in [4.78, 5) is 12.3. The molecule has 37 heavy (non-hydrogen) atoms. The number of carbonyl (C=O) groups is 1. The number of hydrogen-bond donors (Lipinski definition) is 2. The molecule has 0 spiro atoms. The number of ether oxygens (including phenoxy) is 1. The molecular weight excluding hydrogens is 460 g/mol. The van der Waals surface area contributed by atoms with Crippen LogP contribution < -0.4 is 4.74 Å². The standard InChI is InChI=1S/C33H34O4/c1-32-20-29(22-4-3-5-26(19-22)37-2)31-27-13-11-25(35)18-23(27)8-12-28(31)30(32)15-17-33(32,36)16-14-21-6-9-24(34)10-7-21/h3-7,9-10,18-19,28-30,34,36H,8,11-13,15,17,20H2,1-2H3/t28-,29+,30-,32-,33-/m0/s1. The van der Waals surface area contributed by atoms with Gasteiger partial charge in [-0.3, -0.25) is 4.79 Å². The number of aromatic hydroxyl groups is 1. The number of methoxy groups -OCH3 is 1. The number of phenolic OH excluding ortho intramolecular Hbond substituents is 1. The monoisotopic (exact) mass is 494 g/mol. The summed E-state index contributed by atoms with van der Waals surface area (Å²) >= 11 is 0. The van der Waals surface area contributed by atoms with E-state index in [1.807, 2.05) is 12.1 Å². The summed E-state index contributed by atoms with van der Waals surface area (Å²) in [6.07, 6.45) is 7.67. The van der Waals surface area contributed by atoms with Gasteiger partial charge in [0.25, 0.3) is 0 Å². The van der Waals surface area contributed by atoms with E-state index in [-0.39, 0.29) is 22.9 Å². The van der Waals surface area contributed by atoms with Gasteiger partial charge in [0, 0.05) is 23.3 Å². The third-order valence-electron chi connectivity index (χ3n) is 9.66. The molecule has 4 aliphatic carbocycles. The van der Waals surface area contributed by atoms with Crippen molar-refractivity contribution in [3.05, 3.63) is 82.5 Å². The summed E-state index contributed by atoms with van der Waals surface area (Å²) in [5.41, 5.74) is 4.67. The van der Waals surface area contributed by atoms with E-state index in [1.165, 1.54) is 22.3 Å². The van der Waals surface area contributed by atoms with Crippen molar-refractivity contribution in [2.24, 2.45) is 17.3 Å². The summed E-state index contributed by atoms with van der Waals surface area (Å²) in [5, 5.41) is 21.8. The Morgan fingerprint density at radius 1 is 1.05 bits per heavy atom. The van der Waals surface area contributed by atoms with E-state index < -0.39 is 5.60 Å². The molecule has 2 aromatic rings. The molecule has 2 saturated carbocycles. The van der Waals surface area contributed by atoms with Gasteiger partial charge in [0.2, 0.25) is 0 Å². The van der Waals surface area contributed by atoms with Gasteiger partial charge in [0.1, 0.15) is 17.1 Å². The van der Waals surface area contributed by atoms with Crippen LogP contribution in [0.25, 0.3) is 0 Å². The van der Waals surface area contributed by atoms with Crippen LogP contribution in [-0.4, -0.2) is 28.7 Å². The van der Waals surface area contributed by atoms with E-state index in [0.717, 1.165) is 43.4 Å². The van der Waals surface area contributed by atoms with Gasteiger partial charge < -0.3 is 14.9 Å². The van der Waals surface area contributed by atoms with Crippen LogP contribution in [0.3, 0.4) is 0 Å². The minimum absolute atomic E-state index is 0.147. The fourth-order valence-electron chi connectivity index (χ4n) is 7.75. The molecule has 4 nitrogen and oxygen atoms in total. The zero-order valence-electron chi connectivity index (χ0n) is 21.6. The smallest absolute Gasteiger partial charge is 0.156 e. The van der Waals surface area contributed by atoms with E-state index in [2.05, 4.69) is 37.0 Å². The minimum atomic E-state index is -1.10. The molecule has 2 aromatic carbocycles. The maximum Gasteiger partial charge on any atom is 0.156 e. The van der Waals surface area contributed by atoms with Crippen LogP contribution in [-0.2, 0) is 4.79 Å². The number of ketones is 1. The van der Waals surface area contributed by atoms with E-state index in [1.54, 1.807) is 31.4 Å². The highest BCUT2D eigenvalue weighted by atomic mass is 16.5. The molecular formula is C33H34O4. The lowest BCUT2D eigenvalue weighted by Gasteiger charge is -2.53. The van der Waals surface area contributed by atoms with Crippen molar-refractivity contribution in [1.82, 2.24) is 0 Å². The first-order valence-electron chi connectivity index (χ1n) is 13.5. The number of allylic oxidation sites excluding steroid dienone is 4. The summed E-state index contributed by atoms with van der Waals surface area (Å²) in [5.74, 6) is 8.69. The van der Waals surface area contributed by atoms with Gasteiger partial charge in [-0.25, -0.2) is 0 Å². The molecule has 2 fully saturated rings. The van der Waals surface area contributed by atoms with Gasteiger partial charge in [-0.15, -0.1) is 0 Å². The first-order valence-corrected chi connectivity index (χ1v) is 13.5. The van der Waals surface area contributed by atoms with Crippen molar-refractivity contribution in [1.29, 1.82) is 0 Å². The van der Waals surface area contributed by atoms with E-state index in [0.29, 0.717) is 24.7 Å². The number of fused-ring (bicyclic) bond motifs is 4. The molecule has 6 rings (SSSR count). The van der Waals surface area contributed by atoms with E-state index in [9.17, 15) is 15.0 Å². The van der Waals surface area contributed by atoms with Crippen LogP contribution in [0.2, 0.25) is 0 Å². The molecule has 0 aromatic heterocycles. The zero-order valence-corrected chi connectivity index (χ0v) is 21.6. The lowest BCUT2D eigenvalue weighted by Crippen LogP contribution is -2.51. The fourth-order valence-corrected chi connectivity index (χ4v) is 7.75. The van der Waals surface area contributed by atoms with Gasteiger partial charge in [-0.1, -0.05) is 36.5 Å². The van der Waals surface area contributed by atoms with Crippen molar-refractivity contribution < 1.29 is 19.7 Å². The largest absolute Gasteiger partial charge is 0.508 e. The van der Waals surface area contributed by atoms with Crippen molar-refractivity contribution in [2.75, 3.05) is 7.11 Å². The molecule has 0 amide bonds. The van der Waals surface area contributed by atoms with Crippen LogP contribution in [0.5, 0.6) is 11.5 Å². The van der Waals surface area contributed by atoms with E-state index >= 15 is 0 Å². The Kier molecular flexibility index (Phi) is 5.81. The van der Waals surface area contributed by atoms with Crippen LogP contribution in [0, 0.1) is 29.1 Å². The number of hydrogen-bond acceptors (Lipinski definition) is 4. The highest BCUT2D eigenvalue weighted by Gasteiger charge is 2.62. The number of benzene rings is 2. The minimum Gasteiger partial charge on any atom is -0.508 e. The Balaban J connectivity index is 1.47. The topological polar surface area (TPSA) is 66.8 Å².